The van der Waals surface area contributed by atoms with Crippen LogP contribution in [0.15, 0.2) is 0 Å². The van der Waals surface area contributed by atoms with E-state index in [-0.39, 0.29) is 18.0 Å². The molecule has 1 unspecified atom stereocenters. The Labute approximate surface area is 127 Å². The van der Waals surface area contributed by atoms with Crippen LogP contribution in [0, 0.1) is 13.8 Å². The summed E-state index contributed by atoms with van der Waals surface area (Å²) in [5.74, 6) is -0.755. The normalized spacial score (nSPS) is 13.7. The molecule has 0 amide bonds. The fourth-order valence-electron chi connectivity index (χ4n) is 3.11. The summed E-state index contributed by atoms with van der Waals surface area (Å²) in [4.78, 5) is 13.2. The third-order valence-electron chi connectivity index (χ3n) is 4.05. The lowest BCUT2D eigenvalue weighted by molar-refractivity contribution is -0.137. The van der Waals surface area contributed by atoms with Gasteiger partial charge in [0, 0.05) is 35.9 Å². The van der Waals surface area contributed by atoms with Crippen LogP contribution < -0.4 is 0 Å². The van der Waals surface area contributed by atoms with Gasteiger partial charge in [-0.05, 0) is 48.5 Å². The molecule has 5 heteroatoms. The Balaban J connectivity index is 3.13. The highest BCUT2D eigenvalue weighted by Crippen LogP contribution is 2.31. The zero-order valence-electron chi connectivity index (χ0n) is 14.4. The maximum Gasteiger partial charge on any atom is 0.304 e. The number of carbonyl (C=O) groups is 1. The molecule has 0 aliphatic heterocycles. The van der Waals surface area contributed by atoms with E-state index in [0.29, 0.717) is 6.54 Å². The summed E-state index contributed by atoms with van der Waals surface area (Å²) in [5, 5.41) is 13.6. The van der Waals surface area contributed by atoms with Crippen molar-refractivity contribution >= 4 is 5.97 Å². The van der Waals surface area contributed by atoms with Crippen LogP contribution in [0.3, 0.4) is 0 Å². The van der Waals surface area contributed by atoms with E-state index in [4.69, 9.17) is 5.11 Å². The van der Waals surface area contributed by atoms with Crippen molar-refractivity contribution in [1.82, 2.24) is 14.7 Å². The largest absolute Gasteiger partial charge is 0.481 e. The fourth-order valence-corrected chi connectivity index (χ4v) is 3.11. The minimum absolute atomic E-state index is 0.0952. The zero-order chi connectivity index (χ0) is 16.4. The Morgan fingerprint density at radius 3 is 2.33 bits per heavy atom. The lowest BCUT2D eigenvalue weighted by Crippen LogP contribution is -2.44. The van der Waals surface area contributed by atoms with Gasteiger partial charge in [-0.3, -0.25) is 14.4 Å². The topological polar surface area (TPSA) is 58.4 Å². The molecule has 0 spiro atoms. The molecule has 5 nitrogen and oxygen atoms in total. The van der Waals surface area contributed by atoms with Gasteiger partial charge in [0.2, 0.25) is 0 Å². The zero-order valence-corrected chi connectivity index (χ0v) is 14.4. The molecule has 1 rings (SSSR count). The minimum Gasteiger partial charge on any atom is -0.481 e. The summed E-state index contributed by atoms with van der Waals surface area (Å²) in [7, 11) is 0. The summed E-state index contributed by atoms with van der Waals surface area (Å²) in [5.41, 5.74) is 3.33. The fraction of sp³-hybridized carbons (Fsp3) is 0.750. The standard InChI is InChI=1S/C16H29N3O2/c1-8-19-13(4)15(11(2)17-19)12(3)18(16(5,6)7)10-9-14(20)21/h12H,8-10H2,1-7H3,(H,20,21). The molecular formula is C16H29N3O2. The molecule has 120 valence electrons. The molecule has 21 heavy (non-hydrogen) atoms. The van der Waals surface area contributed by atoms with Gasteiger partial charge in [-0.1, -0.05) is 0 Å². The molecule has 0 aromatic carbocycles. The summed E-state index contributed by atoms with van der Waals surface area (Å²) in [6, 6.07) is 0.143. The van der Waals surface area contributed by atoms with E-state index in [1.165, 1.54) is 11.3 Å². The van der Waals surface area contributed by atoms with Gasteiger partial charge in [0.15, 0.2) is 0 Å². The van der Waals surface area contributed by atoms with Crippen LogP contribution in [-0.4, -0.2) is 37.8 Å². The molecule has 1 atom stereocenters. The molecule has 1 heterocycles. The van der Waals surface area contributed by atoms with Crippen LogP contribution in [0.25, 0.3) is 0 Å². The molecule has 0 saturated heterocycles. The highest BCUT2D eigenvalue weighted by Gasteiger charge is 2.30. The second-order valence-corrected chi connectivity index (χ2v) is 6.58. The van der Waals surface area contributed by atoms with E-state index in [1.807, 2.05) is 11.6 Å². The number of aryl methyl sites for hydroxylation is 2. The highest BCUT2D eigenvalue weighted by molar-refractivity contribution is 5.66. The number of carboxylic acids is 1. The molecular weight excluding hydrogens is 266 g/mol. The maximum absolute atomic E-state index is 10.9. The molecule has 0 fully saturated rings. The van der Waals surface area contributed by atoms with Crippen molar-refractivity contribution in [3.8, 4) is 0 Å². The molecule has 0 aliphatic rings. The lowest BCUT2D eigenvalue weighted by atomic mass is 9.97. The minimum atomic E-state index is -0.755. The number of aromatic nitrogens is 2. The highest BCUT2D eigenvalue weighted by atomic mass is 16.4. The van der Waals surface area contributed by atoms with Gasteiger partial charge in [0.25, 0.3) is 0 Å². The average Bonchev–Trinajstić information content (AvgIpc) is 2.62. The second-order valence-electron chi connectivity index (χ2n) is 6.58. The Morgan fingerprint density at radius 2 is 1.95 bits per heavy atom. The Bertz CT molecular complexity index is 500. The predicted octanol–water partition coefficient (Wildman–Crippen LogP) is 3.16. The molecule has 0 bridgehead atoms. The van der Waals surface area contributed by atoms with Crippen LogP contribution in [0.1, 0.15) is 64.0 Å². The van der Waals surface area contributed by atoms with Crippen molar-refractivity contribution in [2.75, 3.05) is 6.54 Å². The summed E-state index contributed by atoms with van der Waals surface area (Å²) >= 11 is 0. The second kappa shape index (κ2) is 6.60. The average molecular weight is 295 g/mol. The van der Waals surface area contributed by atoms with E-state index in [2.05, 4.69) is 51.5 Å². The van der Waals surface area contributed by atoms with Crippen molar-refractivity contribution in [2.45, 2.75) is 73.0 Å². The van der Waals surface area contributed by atoms with Crippen molar-refractivity contribution < 1.29 is 9.90 Å². The van der Waals surface area contributed by atoms with E-state index < -0.39 is 5.97 Å². The first-order valence-electron chi connectivity index (χ1n) is 7.62. The molecule has 1 aromatic heterocycles. The third kappa shape index (κ3) is 4.06. The summed E-state index contributed by atoms with van der Waals surface area (Å²) < 4.78 is 2.01. The monoisotopic (exact) mass is 295 g/mol. The maximum atomic E-state index is 10.9. The van der Waals surface area contributed by atoms with Crippen molar-refractivity contribution in [2.24, 2.45) is 0 Å². The predicted molar refractivity (Wildman–Crippen MR) is 84.5 cm³/mol. The number of rotatable bonds is 6. The van der Waals surface area contributed by atoms with E-state index in [1.54, 1.807) is 0 Å². The molecule has 0 saturated carbocycles. The van der Waals surface area contributed by atoms with E-state index in [9.17, 15) is 4.79 Å². The van der Waals surface area contributed by atoms with Gasteiger partial charge in [-0.2, -0.15) is 5.10 Å². The quantitative estimate of drug-likeness (QED) is 0.876. The van der Waals surface area contributed by atoms with E-state index in [0.717, 1.165) is 12.2 Å². The Hall–Kier alpha value is -1.36. The summed E-state index contributed by atoms with van der Waals surface area (Å²) in [6.07, 6.45) is 0.154. The summed E-state index contributed by atoms with van der Waals surface area (Å²) in [6.45, 7) is 16.1. The molecule has 1 N–H and O–H groups in total. The third-order valence-corrected chi connectivity index (χ3v) is 4.05. The first-order chi connectivity index (χ1) is 9.59. The van der Waals surface area contributed by atoms with Crippen LogP contribution in [0.5, 0.6) is 0 Å². The van der Waals surface area contributed by atoms with Crippen LogP contribution in [0.2, 0.25) is 0 Å². The smallest absolute Gasteiger partial charge is 0.304 e. The Morgan fingerprint density at radius 1 is 1.38 bits per heavy atom. The number of hydrogen-bond donors (Lipinski definition) is 1. The first kappa shape index (κ1) is 17.7. The van der Waals surface area contributed by atoms with Crippen molar-refractivity contribution in [3.05, 3.63) is 17.0 Å². The van der Waals surface area contributed by atoms with Gasteiger partial charge in [0.1, 0.15) is 0 Å². The SMILES string of the molecule is CCn1nc(C)c(C(C)N(CCC(=O)O)C(C)(C)C)c1C. The van der Waals surface area contributed by atoms with Gasteiger partial charge in [-0.15, -0.1) is 0 Å². The number of hydrogen-bond acceptors (Lipinski definition) is 3. The van der Waals surface area contributed by atoms with Crippen LogP contribution in [0.4, 0.5) is 0 Å². The van der Waals surface area contributed by atoms with Crippen LogP contribution >= 0.6 is 0 Å². The van der Waals surface area contributed by atoms with E-state index >= 15 is 0 Å². The van der Waals surface area contributed by atoms with Crippen molar-refractivity contribution in [3.63, 3.8) is 0 Å². The Kier molecular flexibility index (Phi) is 5.56. The number of aliphatic carboxylic acids is 1. The lowest BCUT2D eigenvalue weighted by Gasteiger charge is -2.40. The molecule has 0 radical (unpaired) electrons. The first-order valence-corrected chi connectivity index (χ1v) is 7.62. The van der Waals surface area contributed by atoms with Gasteiger partial charge in [0.05, 0.1) is 12.1 Å². The van der Waals surface area contributed by atoms with Crippen molar-refractivity contribution in [1.29, 1.82) is 0 Å². The molecule has 1 aromatic rings. The van der Waals surface area contributed by atoms with Gasteiger partial charge >= 0.3 is 5.97 Å². The van der Waals surface area contributed by atoms with Gasteiger partial charge in [-0.25, -0.2) is 0 Å². The van der Waals surface area contributed by atoms with Crippen LogP contribution in [-0.2, 0) is 11.3 Å². The number of nitrogens with zero attached hydrogens (tertiary/aromatic N) is 3. The molecule has 0 aliphatic carbocycles. The van der Waals surface area contributed by atoms with Gasteiger partial charge < -0.3 is 5.11 Å². The number of carboxylic acid groups (broad SMARTS) is 1.